The molecule has 3 rings (SSSR count). The molecule has 0 spiro atoms. The first-order valence-electron chi connectivity index (χ1n) is 9.11. The maximum atomic E-state index is 13.4. The predicted octanol–water partition coefficient (Wildman–Crippen LogP) is 5.30. The molecule has 2 aromatic rings. The van der Waals surface area contributed by atoms with Gasteiger partial charge < -0.3 is 4.90 Å². The molecule has 0 aromatic heterocycles. The third kappa shape index (κ3) is 4.41. The average Bonchev–Trinajstić information content (AvgIpc) is 2.63. The highest BCUT2D eigenvalue weighted by molar-refractivity contribution is 5.28. The lowest BCUT2D eigenvalue weighted by molar-refractivity contribution is 0.243. The summed E-state index contributed by atoms with van der Waals surface area (Å²) in [5.74, 6) is 0.264. The third-order valence-corrected chi connectivity index (χ3v) is 5.17. The number of benzene rings is 2. The highest BCUT2D eigenvalue weighted by Gasteiger charge is 2.25. The molecule has 0 bridgehead atoms. The Morgan fingerprint density at radius 1 is 1.20 bits per heavy atom. The van der Waals surface area contributed by atoms with Gasteiger partial charge in [-0.2, -0.15) is 0 Å². The van der Waals surface area contributed by atoms with E-state index in [9.17, 15) is 4.39 Å². The molecule has 1 nitrogen and oxygen atoms in total. The van der Waals surface area contributed by atoms with Gasteiger partial charge in [-0.05, 0) is 61.4 Å². The van der Waals surface area contributed by atoms with E-state index in [1.807, 2.05) is 13.0 Å². The quantitative estimate of drug-likeness (QED) is 0.670. The lowest BCUT2D eigenvalue weighted by atomic mass is 9.86. The standard InChI is InChI=1S/C23H26FN/c1-3-23-21(17-20-11-12-22(24)16-18(20)2)10-7-14-25(23)15-13-19-8-5-4-6-9-19/h4-6,8-9,11-12,16,21H,1,7,10,13-15,17H2,2H3. The molecule has 1 atom stereocenters. The van der Waals surface area contributed by atoms with Crippen LogP contribution in [0, 0.1) is 18.7 Å². The molecule has 130 valence electrons. The Hall–Kier alpha value is -2.31. The van der Waals surface area contributed by atoms with E-state index in [0.29, 0.717) is 5.92 Å². The number of hydrogen-bond acceptors (Lipinski definition) is 1. The summed E-state index contributed by atoms with van der Waals surface area (Å²) >= 11 is 0. The zero-order chi connectivity index (χ0) is 17.6. The normalized spacial score (nSPS) is 17.4. The van der Waals surface area contributed by atoms with Crippen molar-refractivity contribution in [2.45, 2.75) is 32.6 Å². The molecular weight excluding hydrogens is 309 g/mol. The van der Waals surface area contributed by atoms with Crippen molar-refractivity contribution in [2.75, 3.05) is 13.1 Å². The van der Waals surface area contributed by atoms with E-state index in [1.165, 1.54) is 23.2 Å². The summed E-state index contributed by atoms with van der Waals surface area (Å²) in [6.45, 7) is 8.02. The van der Waals surface area contributed by atoms with Gasteiger partial charge in [0.1, 0.15) is 5.82 Å². The maximum Gasteiger partial charge on any atom is 0.123 e. The molecule has 1 heterocycles. The Bertz CT molecular complexity index is 759. The fourth-order valence-corrected chi connectivity index (χ4v) is 3.79. The number of hydrogen-bond donors (Lipinski definition) is 0. The zero-order valence-corrected chi connectivity index (χ0v) is 15.0. The van der Waals surface area contributed by atoms with Gasteiger partial charge in [0.15, 0.2) is 0 Å². The van der Waals surface area contributed by atoms with E-state index in [1.54, 1.807) is 12.1 Å². The van der Waals surface area contributed by atoms with Gasteiger partial charge in [-0.25, -0.2) is 4.39 Å². The van der Waals surface area contributed by atoms with Gasteiger partial charge in [0.05, 0.1) is 5.70 Å². The van der Waals surface area contributed by atoms with E-state index in [0.717, 1.165) is 37.9 Å². The Balaban J connectivity index is 1.69. The Labute approximate surface area is 150 Å². The van der Waals surface area contributed by atoms with Crippen LogP contribution in [-0.4, -0.2) is 18.0 Å². The molecule has 2 heteroatoms. The summed E-state index contributed by atoms with van der Waals surface area (Å²) in [5.41, 5.74) is 8.06. The molecule has 1 aliphatic heterocycles. The van der Waals surface area contributed by atoms with Gasteiger partial charge >= 0.3 is 0 Å². The summed E-state index contributed by atoms with van der Waals surface area (Å²) in [6.07, 6.45) is 4.31. The van der Waals surface area contributed by atoms with Crippen LogP contribution in [0.15, 0.2) is 66.5 Å². The third-order valence-electron chi connectivity index (χ3n) is 5.17. The average molecular weight is 335 g/mol. The Morgan fingerprint density at radius 2 is 2.00 bits per heavy atom. The van der Waals surface area contributed by atoms with E-state index in [-0.39, 0.29) is 5.82 Å². The fourth-order valence-electron chi connectivity index (χ4n) is 3.79. The fraction of sp³-hybridized carbons (Fsp3) is 0.348. The number of rotatable bonds is 5. The second-order valence-electron chi connectivity index (χ2n) is 6.90. The van der Waals surface area contributed by atoms with Gasteiger partial charge in [-0.1, -0.05) is 43.0 Å². The van der Waals surface area contributed by atoms with Crippen LogP contribution in [0.3, 0.4) is 0 Å². The molecule has 1 fully saturated rings. The van der Waals surface area contributed by atoms with Crippen molar-refractivity contribution in [3.05, 3.63) is 89.0 Å². The van der Waals surface area contributed by atoms with Crippen molar-refractivity contribution < 1.29 is 4.39 Å². The first kappa shape index (κ1) is 17.5. The van der Waals surface area contributed by atoms with Crippen LogP contribution in [0.5, 0.6) is 0 Å². The van der Waals surface area contributed by atoms with Crippen molar-refractivity contribution in [2.24, 2.45) is 5.92 Å². The largest absolute Gasteiger partial charge is 0.368 e. The van der Waals surface area contributed by atoms with Crippen LogP contribution >= 0.6 is 0 Å². The van der Waals surface area contributed by atoms with Gasteiger partial charge in [-0.3, -0.25) is 0 Å². The van der Waals surface area contributed by atoms with E-state index >= 15 is 0 Å². The van der Waals surface area contributed by atoms with Crippen LogP contribution in [0.25, 0.3) is 0 Å². The monoisotopic (exact) mass is 335 g/mol. The van der Waals surface area contributed by atoms with Crippen LogP contribution in [-0.2, 0) is 12.8 Å². The molecule has 0 amide bonds. The summed E-state index contributed by atoms with van der Waals surface area (Å²) in [7, 11) is 0. The number of aryl methyl sites for hydroxylation is 1. The van der Waals surface area contributed by atoms with Crippen molar-refractivity contribution >= 4 is 0 Å². The minimum absolute atomic E-state index is 0.158. The summed E-state index contributed by atoms with van der Waals surface area (Å²) in [5, 5.41) is 0. The summed E-state index contributed by atoms with van der Waals surface area (Å²) < 4.78 is 13.4. The summed E-state index contributed by atoms with van der Waals surface area (Å²) in [4.78, 5) is 2.44. The van der Waals surface area contributed by atoms with Gasteiger partial charge in [0.25, 0.3) is 0 Å². The molecule has 1 aliphatic rings. The Kier molecular flexibility index (Phi) is 5.73. The molecule has 1 saturated heterocycles. The minimum Gasteiger partial charge on any atom is -0.368 e. The molecule has 2 aromatic carbocycles. The number of likely N-dealkylation sites (tertiary alicyclic amines) is 1. The van der Waals surface area contributed by atoms with Crippen LogP contribution in [0.4, 0.5) is 4.39 Å². The number of nitrogens with zero attached hydrogens (tertiary/aromatic N) is 1. The van der Waals surface area contributed by atoms with Gasteiger partial charge in [-0.15, -0.1) is 5.73 Å². The van der Waals surface area contributed by atoms with Gasteiger partial charge in [0, 0.05) is 19.0 Å². The molecule has 0 saturated carbocycles. The Morgan fingerprint density at radius 3 is 2.72 bits per heavy atom. The van der Waals surface area contributed by atoms with Gasteiger partial charge in [0.2, 0.25) is 0 Å². The molecule has 0 radical (unpaired) electrons. The molecular formula is C23H26FN. The van der Waals surface area contributed by atoms with Crippen molar-refractivity contribution in [1.29, 1.82) is 0 Å². The number of halogens is 1. The van der Waals surface area contributed by atoms with Crippen LogP contribution < -0.4 is 0 Å². The van der Waals surface area contributed by atoms with Crippen LogP contribution in [0.2, 0.25) is 0 Å². The molecule has 0 aliphatic carbocycles. The topological polar surface area (TPSA) is 3.24 Å². The smallest absolute Gasteiger partial charge is 0.123 e. The second-order valence-corrected chi connectivity index (χ2v) is 6.90. The first-order valence-corrected chi connectivity index (χ1v) is 9.11. The second kappa shape index (κ2) is 8.18. The predicted molar refractivity (Wildman–Crippen MR) is 102 cm³/mol. The van der Waals surface area contributed by atoms with E-state index in [4.69, 9.17) is 0 Å². The zero-order valence-electron chi connectivity index (χ0n) is 15.0. The lowest BCUT2D eigenvalue weighted by Crippen LogP contribution is -2.35. The highest BCUT2D eigenvalue weighted by atomic mass is 19.1. The highest BCUT2D eigenvalue weighted by Crippen LogP contribution is 2.30. The SMILES string of the molecule is C=C=C1C(Cc2ccc(F)cc2C)CCCN1CCc1ccccc1. The minimum atomic E-state index is -0.158. The maximum absolute atomic E-state index is 13.4. The summed E-state index contributed by atoms with van der Waals surface area (Å²) in [6, 6.07) is 15.7. The van der Waals surface area contributed by atoms with E-state index < -0.39 is 0 Å². The molecule has 25 heavy (non-hydrogen) atoms. The van der Waals surface area contributed by atoms with Crippen molar-refractivity contribution in [3.63, 3.8) is 0 Å². The first-order chi connectivity index (χ1) is 12.2. The number of allylic oxidation sites excluding steroid dienone is 1. The molecule has 0 N–H and O–H groups in total. The van der Waals surface area contributed by atoms with Crippen molar-refractivity contribution in [1.82, 2.24) is 4.90 Å². The molecule has 1 unspecified atom stereocenters. The van der Waals surface area contributed by atoms with Crippen LogP contribution in [0.1, 0.15) is 29.5 Å². The van der Waals surface area contributed by atoms with E-state index in [2.05, 4.69) is 47.5 Å². The lowest BCUT2D eigenvalue weighted by Gasteiger charge is -2.36. The van der Waals surface area contributed by atoms with Crippen molar-refractivity contribution in [3.8, 4) is 0 Å². The number of piperidine rings is 1.